The Morgan fingerprint density at radius 3 is 2.48 bits per heavy atom. The minimum absolute atomic E-state index is 0.242. The first-order valence-corrected chi connectivity index (χ1v) is 6.64. The van der Waals surface area contributed by atoms with Gasteiger partial charge in [0.25, 0.3) is 0 Å². The lowest BCUT2D eigenvalue weighted by Crippen LogP contribution is -2.31. The van der Waals surface area contributed by atoms with Crippen molar-refractivity contribution in [3.63, 3.8) is 0 Å². The standard InChI is InChI=1S/C16H16F3NO/c1-2-13(20)16(10-5-3-6-11(17)9-10)21-14-8-4-7-12(18)15(14)19/h3-9,13,16H,2,20H2,1H3. The van der Waals surface area contributed by atoms with Gasteiger partial charge in [-0.3, -0.25) is 0 Å². The summed E-state index contributed by atoms with van der Waals surface area (Å²) in [6, 6.07) is 8.90. The summed E-state index contributed by atoms with van der Waals surface area (Å²) in [5.74, 6) is -2.77. The van der Waals surface area contributed by atoms with Crippen molar-refractivity contribution >= 4 is 0 Å². The molecule has 0 aliphatic rings. The van der Waals surface area contributed by atoms with E-state index in [-0.39, 0.29) is 5.75 Å². The molecular formula is C16H16F3NO. The highest BCUT2D eigenvalue weighted by Crippen LogP contribution is 2.28. The fourth-order valence-electron chi connectivity index (χ4n) is 2.01. The molecule has 0 fully saturated rings. The molecule has 2 rings (SSSR count). The van der Waals surface area contributed by atoms with Gasteiger partial charge in [-0.25, -0.2) is 8.78 Å². The smallest absolute Gasteiger partial charge is 0.200 e. The second-order valence-electron chi connectivity index (χ2n) is 4.72. The molecule has 5 heteroatoms. The minimum atomic E-state index is -1.08. The molecule has 0 aliphatic carbocycles. The molecule has 0 spiro atoms. The van der Waals surface area contributed by atoms with E-state index in [1.807, 2.05) is 6.92 Å². The number of halogens is 3. The zero-order valence-electron chi connectivity index (χ0n) is 11.5. The van der Waals surface area contributed by atoms with E-state index in [0.717, 1.165) is 6.07 Å². The third-order valence-corrected chi connectivity index (χ3v) is 3.21. The Balaban J connectivity index is 2.35. The summed E-state index contributed by atoms with van der Waals surface area (Å²) in [5, 5.41) is 0. The van der Waals surface area contributed by atoms with E-state index in [9.17, 15) is 13.2 Å². The molecule has 112 valence electrons. The van der Waals surface area contributed by atoms with E-state index >= 15 is 0 Å². The average Bonchev–Trinajstić information content (AvgIpc) is 2.48. The molecular weight excluding hydrogens is 279 g/mol. The number of hydrogen-bond acceptors (Lipinski definition) is 2. The molecule has 2 aromatic rings. The molecule has 0 heterocycles. The molecule has 2 atom stereocenters. The van der Waals surface area contributed by atoms with Crippen molar-refractivity contribution in [2.75, 3.05) is 0 Å². The molecule has 0 aliphatic heterocycles. The van der Waals surface area contributed by atoms with Crippen LogP contribution in [0.3, 0.4) is 0 Å². The molecule has 0 amide bonds. The van der Waals surface area contributed by atoms with E-state index in [1.165, 1.54) is 30.3 Å². The van der Waals surface area contributed by atoms with E-state index in [4.69, 9.17) is 10.5 Å². The number of hydrogen-bond donors (Lipinski definition) is 1. The Labute approximate surface area is 121 Å². The highest BCUT2D eigenvalue weighted by atomic mass is 19.2. The molecule has 0 radical (unpaired) electrons. The molecule has 0 aromatic heterocycles. The molecule has 2 N–H and O–H groups in total. The second-order valence-corrected chi connectivity index (χ2v) is 4.72. The topological polar surface area (TPSA) is 35.2 Å². The highest BCUT2D eigenvalue weighted by Gasteiger charge is 2.23. The van der Waals surface area contributed by atoms with Crippen LogP contribution < -0.4 is 10.5 Å². The predicted octanol–water partition coefficient (Wildman–Crippen LogP) is 3.96. The normalized spacial score (nSPS) is 13.8. The maximum Gasteiger partial charge on any atom is 0.200 e. The Kier molecular flexibility index (Phi) is 4.85. The Morgan fingerprint density at radius 1 is 1.10 bits per heavy atom. The molecule has 0 saturated carbocycles. The summed E-state index contributed by atoms with van der Waals surface area (Å²) in [5.41, 5.74) is 6.45. The number of rotatable bonds is 5. The van der Waals surface area contributed by atoms with Crippen LogP contribution in [0.25, 0.3) is 0 Å². The van der Waals surface area contributed by atoms with E-state index in [0.29, 0.717) is 12.0 Å². The van der Waals surface area contributed by atoms with Crippen LogP contribution in [0.5, 0.6) is 5.75 Å². The SMILES string of the molecule is CCC(N)C(Oc1cccc(F)c1F)c1cccc(F)c1. The van der Waals surface area contributed by atoms with Crippen LogP contribution in [-0.2, 0) is 0 Å². The van der Waals surface area contributed by atoms with Gasteiger partial charge >= 0.3 is 0 Å². The van der Waals surface area contributed by atoms with Crippen LogP contribution in [0, 0.1) is 17.5 Å². The summed E-state index contributed by atoms with van der Waals surface area (Å²) in [6.07, 6.45) is -0.222. The quantitative estimate of drug-likeness (QED) is 0.906. The number of nitrogens with two attached hydrogens (primary N) is 1. The number of benzene rings is 2. The zero-order valence-corrected chi connectivity index (χ0v) is 11.5. The third-order valence-electron chi connectivity index (χ3n) is 3.21. The molecule has 0 saturated heterocycles. The summed E-state index contributed by atoms with van der Waals surface area (Å²) in [7, 11) is 0. The Bertz CT molecular complexity index is 618. The van der Waals surface area contributed by atoms with E-state index < -0.39 is 29.6 Å². The second kappa shape index (κ2) is 6.63. The van der Waals surface area contributed by atoms with Crippen molar-refractivity contribution in [2.24, 2.45) is 5.73 Å². The summed E-state index contributed by atoms with van der Waals surface area (Å²) >= 11 is 0. The van der Waals surface area contributed by atoms with E-state index in [1.54, 1.807) is 6.07 Å². The van der Waals surface area contributed by atoms with Gasteiger partial charge in [-0.1, -0.05) is 25.1 Å². The molecule has 0 bridgehead atoms. The van der Waals surface area contributed by atoms with Crippen LogP contribution in [0.2, 0.25) is 0 Å². The van der Waals surface area contributed by atoms with Gasteiger partial charge in [0.2, 0.25) is 5.82 Å². The van der Waals surface area contributed by atoms with Crippen molar-refractivity contribution in [2.45, 2.75) is 25.5 Å². The molecule has 2 unspecified atom stereocenters. The van der Waals surface area contributed by atoms with Gasteiger partial charge in [0, 0.05) is 6.04 Å². The molecule has 21 heavy (non-hydrogen) atoms. The van der Waals surface area contributed by atoms with Gasteiger partial charge < -0.3 is 10.5 Å². The zero-order chi connectivity index (χ0) is 15.4. The Morgan fingerprint density at radius 2 is 1.81 bits per heavy atom. The predicted molar refractivity (Wildman–Crippen MR) is 74.4 cm³/mol. The highest BCUT2D eigenvalue weighted by molar-refractivity contribution is 5.28. The third kappa shape index (κ3) is 3.55. The summed E-state index contributed by atoms with van der Waals surface area (Å²) in [6.45, 7) is 1.84. The monoisotopic (exact) mass is 295 g/mol. The van der Waals surface area contributed by atoms with Crippen LogP contribution in [0.1, 0.15) is 25.0 Å². The van der Waals surface area contributed by atoms with Crippen LogP contribution in [0.15, 0.2) is 42.5 Å². The van der Waals surface area contributed by atoms with E-state index in [2.05, 4.69) is 0 Å². The first-order chi connectivity index (χ1) is 10.0. The van der Waals surface area contributed by atoms with Crippen molar-refractivity contribution in [1.82, 2.24) is 0 Å². The lowest BCUT2D eigenvalue weighted by molar-refractivity contribution is 0.161. The van der Waals surface area contributed by atoms with Crippen LogP contribution in [-0.4, -0.2) is 6.04 Å². The van der Waals surface area contributed by atoms with Gasteiger partial charge in [-0.15, -0.1) is 0 Å². The van der Waals surface area contributed by atoms with Crippen molar-refractivity contribution in [1.29, 1.82) is 0 Å². The number of ether oxygens (including phenoxy) is 1. The molecule has 2 aromatic carbocycles. The first-order valence-electron chi connectivity index (χ1n) is 6.64. The van der Waals surface area contributed by atoms with Crippen molar-refractivity contribution in [3.05, 3.63) is 65.5 Å². The largest absolute Gasteiger partial charge is 0.481 e. The maximum atomic E-state index is 13.7. The lowest BCUT2D eigenvalue weighted by atomic mass is 10.0. The van der Waals surface area contributed by atoms with Crippen molar-refractivity contribution < 1.29 is 17.9 Å². The fraction of sp³-hybridized carbons (Fsp3) is 0.250. The summed E-state index contributed by atoms with van der Waals surface area (Å²) < 4.78 is 45.8. The molecule has 2 nitrogen and oxygen atoms in total. The van der Waals surface area contributed by atoms with Gasteiger partial charge in [0.1, 0.15) is 11.9 Å². The lowest BCUT2D eigenvalue weighted by Gasteiger charge is -2.25. The fourth-order valence-corrected chi connectivity index (χ4v) is 2.01. The summed E-state index contributed by atoms with van der Waals surface area (Å²) in [4.78, 5) is 0. The maximum absolute atomic E-state index is 13.7. The Hall–Kier alpha value is -2.01. The van der Waals surface area contributed by atoms with Crippen LogP contribution >= 0.6 is 0 Å². The van der Waals surface area contributed by atoms with Gasteiger partial charge in [-0.05, 0) is 36.2 Å². The average molecular weight is 295 g/mol. The minimum Gasteiger partial charge on any atom is -0.481 e. The van der Waals surface area contributed by atoms with Gasteiger partial charge in [0.05, 0.1) is 0 Å². The first kappa shape index (κ1) is 15.4. The van der Waals surface area contributed by atoms with Crippen molar-refractivity contribution in [3.8, 4) is 5.75 Å². The van der Waals surface area contributed by atoms with Gasteiger partial charge in [-0.2, -0.15) is 4.39 Å². The van der Waals surface area contributed by atoms with Gasteiger partial charge in [0.15, 0.2) is 11.6 Å². The van der Waals surface area contributed by atoms with Crippen LogP contribution in [0.4, 0.5) is 13.2 Å².